The van der Waals surface area contributed by atoms with Crippen LogP contribution in [0, 0.1) is 18.8 Å². The molecule has 114 valence electrons. The van der Waals surface area contributed by atoms with E-state index < -0.39 is 0 Å². The van der Waals surface area contributed by atoms with Crippen molar-refractivity contribution in [3.63, 3.8) is 0 Å². The average molecular weight is 320 g/mol. The average Bonchev–Trinajstić information content (AvgIpc) is 3.18. The quantitative estimate of drug-likeness (QED) is 0.513. The Morgan fingerprint density at radius 3 is 2.78 bits per heavy atom. The fraction of sp³-hybridized carbons (Fsp3) is 0.222. The number of nitrogens with zero attached hydrogens (tertiary/aromatic N) is 2. The maximum atomic E-state index is 4.49. The number of hydrogen-bond acceptors (Lipinski definition) is 3. The summed E-state index contributed by atoms with van der Waals surface area (Å²) in [5, 5.41) is 1.20. The highest BCUT2D eigenvalue weighted by Gasteiger charge is 2.06. The van der Waals surface area contributed by atoms with Gasteiger partial charge in [0.25, 0.3) is 0 Å². The van der Waals surface area contributed by atoms with E-state index >= 15 is 0 Å². The summed E-state index contributed by atoms with van der Waals surface area (Å²) in [6.45, 7) is 6.19. The molecule has 3 heterocycles. The molecule has 0 amide bonds. The van der Waals surface area contributed by atoms with Gasteiger partial charge in [-0.2, -0.15) is 0 Å². The van der Waals surface area contributed by atoms with Crippen molar-refractivity contribution in [2.75, 3.05) is 0 Å². The minimum Gasteiger partial charge on any atom is -0.342 e. The molecule has 2 N–H and O–H groups in total. The highest BCUT2D eigenvalue weighted by Crippen LogP contribution is 2.28. The molecule has 0 unspecified atom stereocenters. The normalized spacial score (nSPS) is 11.3. The van der Waals surface area contributed by atoms with Gasteiger partial charge in [-0.15, -0.1) is 11.3 Å². The lowest BCUT2D eigenvalue weighted by molar-refractivity contribution is 0.793. The molecule has 0 aliphatic carbocycles. The molecule has 4 aromatic rings. The Morgan fingerprint density at radius 2 is 2.00 bits per heavy atom. The van der Waals surface area contributed by atoms with Crippen LogP contribution in [0.25, 0.3) is 21.1 Å². The standard InChI is InChI=1S/C18H16N4S/c1-10(2)18-19-9-13(22-18)4-5-14-6-12-7-15-16(8-17(12)23-14)21-11(3)20-15/h6-10H,1-3H3,(H,19,22)(H,20,21). The maximum Gasteiger partial charge on any atom is 0.110 e. The molecule has 4 nitrogen and oxygen atoms in total. The zero-order valence-electron chi connectivity index (χ0n) is 13.2. The van der Waals surface area contributed by atoms with Gasteiger partial charge in [0.15, 0.2) is 0 Å². The van der Waals surface area contributed by atoms with E-state index in [1.165, 1.54) is 10.1 Å². The number of aryl methyl sites for hydroxylation is 1. The molecule has 5 heteroatoms. The molecule has 0 spiro atoms. The SMILES string of the molecule is Cc1nc2cc3sc(C#Cc4cnc(C(C)C)[nH]4)cc3cc2[nH]1. The second-order valence-electron chi connectivity index (χ2n) is 5.93. The minimum absolute atomic E-state index is 0.383. The maximum absolute atomic E-state index is 4.49. The number of rotatable bonds is 1. The summed E-state index contributed by atoms with van der Waals surface area (Å²) in [5.74, 6) is 8.69. The number of thiophene rings is 1. The van der Waals surface area contributed by atoms with Crippen LogP contribution in [0.15, 0.2) is 24.4 Å². The number of aromatic amines is 2. The molecular weight excluding hydrogens is 304 g/mol. The van der Waals surface area contributed by atoms with E-state index in [4.69, 9.17) is 0 Å². The van der Waals surface area contributed by atoms with Gasteiger partial charge in [-0.25, -0.2) is 9.97 Å². The first-order valence-electron chi connectivity index (χ1n) is 7.55. The van der Waals surface area contributed by atoms with E-state index in [0.717, 1.165) is 33.3 Å². The number of fused-ring (bicyclic) bond motifs is 2. The third-order valence-electron chi connectivity index (χ3n) is 3.70. The van der Waals surface area contributed by atoms with E-state index in [1.807, 2.05) is 6.92 Å². The molecule has 0 fully saturated rings. The van der Waals surface area contributed by atoms with Crippen molar-refractivity contribution in [1.29, 1.82) is 0 Å². The Bertz CT molecular complexity index is 1020. The Hall–Kier alpha value is -2.58. The lowest BCUT2D eigenvalue weighted by Crippen LogP contribution is -1.89. The van der Waals surface area contributed by atoms with Gasteiger partial charge in [-0.1, -0.05) is 13.8 Å². The summed E-state index contributed by atoms with van der Waals surface area (Å²) >= 11 is 1.69. The Kier molecular flexibility index (Phi) is 3.21. The van der Waals surface area contributed by atoms with Gasteiger partial charge in [0.05, 0.1) is 22.1 Å². The van der Waals surface area contributed by atoms with Crippen LogP contribution in [0.1, 0.15) is 42.0 Å². The number of nitrogens with one attached hydrogen (secondary N) is 2. The van der Waals surface area contributed by atoms with Crippen LogP contribution < -0.4 is 0 Å². The van der Waals surface area contributed by atoms with Gasteiger partial charge >= 0.3 is 0 Å². The lowest BCUT2D eigenvalue weighted by atomic mass is 10.2. The van der Waals surface area contributed by atoms with Gasteiger partial charge in [-0.3, -0.25) is 0 Å². The monoisotopic (exact) mass is 320 g/mol. The largest absolute Gasteiger partial charge is 0.342 e. The van der Waals surface area contributed by atoms with Crippen LogP contribution in [0.3, 0.4) is 0 Å². The highest BCUT2D eigenvalue weighted by atomic mass is 32.1. The van der Waals surface area contributed by atoms with E-state index in [2.05, 4.69) is 63.8 Å². The summed E-state index contributed by atoms with van der Waals surface area (Å²) in [5.41, 5.74) is 2.93. The number of benzene rings is 1. The van der Waals surface area contributed by atoms with Crippen molar-refractivity contribution in [3.8, 4) is 11.8 Å². The third kappa shape index (κ3) is 2.62. The second kappa shape index (κ2) is 5.25. The smallest absolute Gasteiger partial charge is 0.110 e. The van der Waals surface area contributed by atoms with E-state index in [0.29, 0.717) is 5.92 Å². The number of hydrogen-bond donors (Lipinski definition) is 2. The second-order valence-corrected chi connectivity index (χ2v) is 7.01. The Balaban J connectivity index is 1.70. The van der Waals surface area contributed by atoms with Crippen LogP contribution >= 0.6 is 11.3 Å². The van der Waals surface area contributed by atoms with Gasteiger partial charge in [-0.05, 0) is 42.3 Å². The Labute approximate surface area is 138 Å². The van der Waals surface area contributed by atoms with E-state index in [1.54, 1.807) is 17.5 Å². The molecule has 0 atom stereocenters. The summed E-state index contributed by atoms with van der Waals surface area (Å²) in [7, 11) is 0. The molecule has 0 saturated heterocycles. The minimum atomic E-state index is 0.383. The van der Waals surface area contributed by atoms with Crippen LogP contribution in [0.4, 0.5) is 0 Å². The number of imidazole rings is 2. The first-order valence-corrected chi connectivity index (χ1v) is 8.37. The molecule has 0 aliphatic heterocycles. The molecule has 0 radical (unpaired) electrons. The van der Waals surface area contributed by atoms with Crippen LogP contribution in [-0.4, -0.2) is 19.9 Å². The number of aromatic nitrogens is 4. The van der Waals surface area contributed by atoms with Crippen molar-refractivity contribution < 1.29 is 0 Å². The molecule has 0 bridgehead atoms. The van der Waals surface area contributed by atoms with Gasteiger partial charge < -0.3 is 9.97 Å². The zero-order chi connectivity index (χ0) is 16.0. The summed E-state index contributed by atoms with van der Waals surface area (Å²) in [4.78, 5) is 16.4. The topological polar surface area (TPSA) is 57.4 Å². The molecule has 0 saturated carbocycles. The highest BCUT2D eigenvalue weighted by molar-refractivity contribution is 7.19. The molecule has 4 rings (SSSR count). The van der Waals surface area contributed by atoms with Crippen LogP contribution in [-0.2, 0) is 0 Å². The van der Waals surface area contributed by atoms with Crippen molar-refractivity contribution in [2.24, 2.45) is 0 Å². The molecular formula is C18H16N4S. The van der Waals surface area contributed by atoms with Gasteiger partial charge in [0.1, 0.15) is 17.3 Å². The van der Waals surface area contributed by atoms with E-state index in [-0.39, 0.29) is 0 Å². The Morgan fingerprint density at radius 1 is 1.13 bits per heavy atom. The fourth-order valence-electron chi connectivity index (χ4n) is 2.56. The summed E-state index contributed by atoms with van der Waals surface area (Å²) in [6.07, 6.45) is 1.80. The molecule has 0 aliphatic rings. The predicted octanol–water partition coefficient (Wildman–Crippen LogP) is 4.33. The third-order valence-corrected chi connectivity index (χ3v) is 4.71. The van der Waals surface area contributed by atoms with Crippen LogP contribution in [0.2, 0.25) is 0 Å². The van der Waals surface area contributed by atoms with Crippen molar-refractivity contribution in [3.05, 3.63) is 46.6 Å². The predicted molar refractivity (Wildman–Crippen MR) is 94.9 cm³/mol. The first-order chi connectivity index (χ1) is 11.1. The van der Waals surface area contributed by atoms with E-state index in [9.17, 15) is 0 Å². The summed E-state index contributed by atoms with van der Waals surface area (Å²) < 4.78 is 1.21. The number of H-pyrrole nitrogens is 2. The van der Waals surface area contributed by atoms with Gasteiger partial charge in [0.2, 0.25) is 0 Å². The molecule has 3 aromatic heterocycles. The lowest BCUT2D eigenvalue weighted by Gasteiger charge is -1.95. The van der Waals surface area contributed by atoms with Gasteiger partial charge in [0, 0.05) is 10.6 Å². The summed E-state index contributed by atoms with van der Waals surface area (Å²) in [6, 6.07) is 6.39. The first kappa shape index (κ1) is 14.0. The van der Waals surface area contributed by atoms with Crippen molar-refractivity contribution in [1.82, 2.24) is 19.9 Å². The molecule has 23 heavy (non-hydrogen) atoms. The van der Waals surface area contributed by atoms with Crippen molar-refractivity contribution >= 4 is 32.5 Å². The van der Waals surface area contributed by atoms with Crippen molar-refractivity contribution in [2.45, 2.75) is 26.7 Å². The van der Waals surface area contributed by atoms with Crippen LogP contribution in [0.5, 0.6) is 0 Å². The molecule has 1 aromatic carbocycles. The zero-order valence-corrected chi connectivity index (χ0v) is 14.0. The fourth-order valence-corrected chi connectivity index (χ4v) is 3.49.